The van der Waals surface area contributed by atoms with Crippen LogP contribution in [0.1, 0.15) is 16.7 Å². The Morgan fingerprint density at radius 2 is 1.83 bits per heavy atom. The number of benzene rings is 2. The lowest BCUT2D eigenvalue weighted by Gasteiger charge is -2.10. The van der Waals surface area contributed by atoms with Crippen LogP contribution in [0.5, 0.6) is 0 Å². The predicted molar refractivity (Wildman–Crippen MR) is 73.3 cm³/mol. The van der Waals surface area contributed by atoms with E-state index in [9.17, 15) is 13.0 Å². The summed E-state index contributed by atoms with van der Waals surface area (Å²) in [6, 6.07) is 6.87. The minimum Gasteiger partial charge on any atom is -0.282 e. The van der Waals surface area contributed by atoms with E-state index >= 15 is 0 Å². The highest BCUT2D eigenvalue weighted by Gasteiger charge is 2.16. The summed E-state index contributed by atoms with van der Waals surface area (Å²) in [6.45, 7) is 7.53. The van der Waals surface area contributed by atoms with Gasteiger partial charge in [0.1, 0.15) is 4.90 Å². The van der Waals surface area contributed by atoms with Crippen molar-refractivity contribution in [2.75, 3.05) is 0 Å². The first kappa shape index (κ1) is 12.8. The summed E-state index contributed by atoms with van der Waals surface area (Å²) in [4.78, 5) is -0.0713. The highest BCUT2D eigenvalue weighted by molar-refractivity contribution is 7.86. The van der Waals surface area contributed by atoms with E-state index in [1.807, 2.05) is 26.0 Å². The molecule has 0 saturated heterocycles. The van der Waals surface area contributed by atoms with Gasteiger partial charge in [-0.2, -0.15) is 8.42 Å². The molecule has 0 fully saturated rings. The highest BCUT2D eigenvalue weighted by atomic mass is 32.2. The van der Waals surface area contributed by atoms with E-state index in [1.54, 1.807) is 12.1 Å². The molecule has 0 saturated carbocycles. The Labute approximate surface area is 107 Å². The van der Waals surface area contributed by atoms with Gasteiger partial charge >= 0.3 is 0 Å². The summed E-state index contributed by atoms with van der Waals surface area (Å²) in [7, 11) is -4.24. The first-order valence-corrected chi connectivity index (χ1v) is 6.92. The summed E-state index contributed by atoms with van der Waals surface area (Å²) in [5, 5.41) is 1.35. The molecule has 2 rings (SSSR count). The van der Waals surface area contributed by atoms with Crippen LogP contribution in [0.25, 0.3) is 16.8 Å². The van der Waals surface area contributed by atoms with E-state index in [4.69, 9.17) is 0 Å². The molecule has 2 aromatic rings. The van der Waals surface area contributed by atoms with Gasteiger partial charge in [0.15, 0.2) is 0 Å². The summed E-state index contributed by atoms with van der Waals surface area (Å²) >= 11 is 0. The van der Waals surface area contributed by atoms with Gasteiger partial charge in [-0.3, -0.25) is 4.55 Å². The molecule has 0 atom stereocenters. The predicted octanol–water partition coefficient (Wildman–Crippen LogP) is 3.35. The smallest absolute Gasteiger partial charge is 0.282 e. The molecule has 18 heavy (non-hydrogen) atoms. The van der Waals surface area contributed by atoms with Crippen LogP contribution < -0.4 is 0 Å². The van der Waals surface area contributed by atoms with Gasteiger partial charge in [-0.1, -0.05) is 24.8 Å². The Hall–Kier alpha value is -1.65. The maximum Gasteiger partial charge on any atom is 0.295 e. The molecular weight excluding hydrogens is 248 g/mol. The number of fused-ring (bicyclic) bond motifs is 1. The van der Waals surface area contributed by atoms with Gasteiger partial charge in [0.05, 0.1) is 0 Å². The molecule has 0 unspecified atom stereocenters. The van der Waals surface area contributed by atoms with Crippen molar-refractivity contribution < 1.29 is 13.0 Å². The van der Waals surface area contributed by atoms with Crippen molar-refractivity contribution in [3.05, 3.63) is 47.5 Å². The van der Waals surface area contributed by atoms with Crippen LogP contribution in [0, 0.1) is 13.8 Å². The SMILES string of the molecule is C=Cc1cc(S(=O)(=O)O)c2ccc(C)c(C)c2c1. The Morgan fingerprint density at radius 3 is 2.39 bits per heavy atom. The van der Waals surface area contributed by atoms with Crippen molar-refractivity contribution in [3.63, 3.8) is 0 Å². The van der Waals surface area contributed by atoms with Crippen LogP contribution >= 0.6 is 0 Å². The van der Waals surface area contributed by atoms with Crippen LogP contribution in [-0.2, 0) is 10.1 Å². The number of hydrogen-bond donors (Lipinski definition) is 1. The van der Waals surface area contributed by atoms with Crippen LogP contribution in [0.15, 0.2) is 35.7 Å². The molecule has 0 spiro atoms. The Morgan fingerprint density at radius 1 is 1.17 bits per heavy atom. The van der Waals surface area contributed by atoms with Crippen molar-refractivity contribution in [1.29, 1.82) is 0 Å². The molecule has 0 aromatic heterocycles. The summed E-state index contributed by atoms with van der Waals surface area (Å²) in [5.41, 5.74) is 2.75. The van der Waals surface area contributed by atoms with Gasteiger partial charge in [0.25, 0.3) is 10.1 Å². The molecular formula is C14H14O3S. The molecule has 0 radical (unpaired) electrons. The van der Waals surface area contributed by atoms with Gasteiger partial charge in [0.2, 0.25) is 0 Å². The molecule has 0 aliphatic heterocycles. The molecule has 94 valence electrons. The average molecular weight is 262 g/mol. The normalized spacial score (nSPS) is 11.7. The number of hydrogen-bond acceptors (Lipinski definition) is 2. The van der Waals surface area contributed by atoms with Gasteiger partial charge < -0.3 is 0 Å². The molecule has 1 N–H and O–H groups in total. The van der Waals surface area contributed by atoms with E-state index < -0.39 is 10.1 Å². The lowest BCUT2D eigenvalue weighted by atomic mass is 9.99. The molecule has 0 bridgehead atoms. The van der Waals surface area contributed by atoms with E-state index in [0.29, 0.717) is 10.9 Å². The quantitative estimate of drug-likeness (QED) is 0.844. The third kappa shape index (κ3) is 2.05. The Kier molecular flexibility index (Phi) is 3.00. The van der Waals surface area contributed by atoms with E-state index in [-0.39, 0.29) is 4.90 Å². The van der Waals surface area contributed by atoms with Crippen LogP contribution in [0.4, 0.5) is 0 Å². The van der Waals surface area contributed by atoms with E-state index in [2.05, 4.69) is 6.58 Å². The summed E-state index contributed by atoms with van der Waals surface area (Å²) in [6.07, 6.45) is 1.57. The summed E-state index contributed by atoms with van der Waals surface area (Å²) in [5.74, 6) is 0. The average Bonchev–Trinajstić information content (AvgIpc) is 2.31. The largest absolute Gasteiger partial charge is 0.295 e. The first-order valence-electron chi connectivity index (χ1n) is 5.48. The molecule has 0 aliphatic rings. The fourth-order valence-corrected chi connectivity index (χ4v) is 2.75. The lowest BCUT2D eigenvalue weighted by Crippen LogP contribution is -2.00. The zero-order valence-corrected chi connectivity index (χ0v) is 11.1. The van der Waals surface area contributed by atoms with Crippen molar-refractivity contribution in [2.45, 2.75) is 18.7 Å². The van der Waals surface area contributed by atoms with Crippen LogP contribution in [0.2, 0.25) is 0 Å². The second-order valence-electron chi connectivity index (χ2n) is 4.30. The molecule has 0 amide bonds. The van der Waals surface area contributed by atoms with Crippen LogP contribution in [-0.4, -0.2) is 13.0 Å². The minimum absolute atomic E-state index is 0.0713. The van der Waals surface area contributed by atoms with Crippen LogP contribution in [0.3, 0.4) is 0 Å². The fraction of sp³-hybridized carbons (Fsp3) is 0.143. The molecule has 2 aromatic carbocycles. The first-order chi connectivity index (χ1) is 8.34. The Balaban J connectivity index is 3.03. The molecule has 0 heterocycles. The summed E-state index contributed by atoms with van der Waals surface area (Å²) < 4.78 is 32.2. The fourth-order valence-electron chi connectivity index (χ4n) is 2.01. The Bertz CT molecular complexity index is 743. The van der Waals surface area contributed by atoms with Gasteiger partial charge in [-0.05, 0) is 48.1 Å². The van der Waals surface area contributed by atoms with E-state index in [1.165, 1.54) is 6.07 Å². The maximum atomic E-state index is 11.4. The standard InChI is InChI=1S/C14H14O3S/c1-4-11-7-13-10(3)9(2)5-6-12(13)14(8-11)18(15,16)17/h4-8H,1H2,2-3H3,(H,15,16,17). The van der Waals surface area contributed by atoms with Gasteiger partial charge in [-0.25, -0.2) is 0 Å². The van der Waals surface area contributed by atoms with Crippen molar-refractivity contribution in [1.82, 2.24) is 0 Å². The highest BCUT2D eigenvalue weighted by Crippen LogP contribution is 2.29. The van der Waals surface area contributed by atoms with Crippen molar-refractivity contribution in [3.8, 4) is 0 Å². The van der Waals surface area contributed by atoms with Crippen molar-refractivity contribution in [2.24, 2.45) is 0 Å². The third-order valence-corrected chi connectivity index (χ3v) is 4.07. The maximum absolute atomic E-state index is 11.4. The topological polar surface area (TPSA) is 54.4 Å². The second-order valence-corrected chi connectivity index (χ2v) is 5.69. The zero-order chi connectivity index (χ0) is 13.5. The van der Waals surface area contributed by atoms with E-state index in [0.717, 1.165) is 16.5 Å². The molecule has 3 nitrogen and oxygen atoms in total. The molecule has 4 heteroatoms. The third-order valence-electron chi connectivity index (χ3n) is 3.17. The van der Waals surface area contributed by atoms with Crippen molar-refractivity contribution >= 4 is 27.0 Å². The number of rotatable bonds is 2. The zero-order valence-electron chi connectivity index (χ0n) is 10.3. The monoisotopic (exact) mass is 262 g/mol. The molecule has 0 aliphatic carbocycles. The number of aryl methyl sites for hydroxylation is 2. The minimum atomic E-state index is -4.24. The van der Waals surface area contributed by atoms with Gasteiger partial charge in [0, 0.05) is 5.39 Å². The van der Waals surface area contributed by atoms with Gasteiger partial charge in [-0.15, -0.1) is 0 Å². The lowest BCUT2D eigenvalue weighted by molar-refractivity contribution is 0.484. The second kappa shape index (κ2) is 4.23.